The van der Waals surface area contributed by atoms with Gasteiger partial charge in [-0.2, -0.15) is 10.1 Å². The van der Waals surface area contributed by atoms with Gasteiger partial charge >= 0.3 is 115 Å². The molecule has 224 valence electrons. The van der Waals surface area contributed by atoms with Crippen LogP contribution in [0, 0.1) is 0 Å². The van der Waals surface area contributed by atoms with Gasteiger partial charge in [0.2, 0.25) is 0 Å². The van der Waals surface area contributed by atoms with Gasteiger partial charge in [-0.05, 0) is 60.7 Å². The first-order valence-electron chi connectivity index (χ1n) is 11.6. The predicted octanol–water partition coefficient (Wildman–Crippen LogP) is -5.72. The van der Waals surface area contributed by atoms with E-state index in [1.54, 1.807) is 0 Å². The van der Waals surface area contributed by atoms with Crippen molar-refractivity contribution in [2.45, 2.75) is 9.79 Å². The number of nitrogens with one attached hydrogen (secondary N) is 1. The fourth-order valence-corrected chi connectivity index (χ4v) is 4.73. The number of allylic oxidation sites excluding steroid dienone is 2. The zero-order valence-corrected chi connectivity index (χ0v) is 31.8. The van der Waals surface area contributed by atoms with Crippen LogP contribution in [-0.4, -0.2) is 73.5 Å². The van der Waals surface area contributed by atoms with Gasteiger partial charge in [-0.15, -0.1) is 0 Å². The minimum atomic E-state index is -4.76. The zero-order valence-electron chi connectivity index (χ0n) is 23.9. The van der Waals surface area contributed by atoms with Gasteiger partial charge < -0.3 is 18.6 Å². The second-order valence-electron chi connectivity index (χ2n) is 8.43. The second kappa shape index (κ2) is 15.8. The molecule has 0 saturated carbocycles. The Labute approximate surface area is 340 Å². The number of ether oxygens (including phenoxy) is 2. The monoisotopic (exact) mass is 708 g/mol. The Hall–Kier alpha value is -1.90. The second-order valence-corrected chi connectivity index (χ2v) is 11.2. The normalized spacial score (nSPS) is 14.1. The fourth-order valence-electron chi connectivity index (χ4n) is 3.79. The van der Waals surface area contributed by atoms with Crippen LogP contribution in [0.3, 0.4) is 0 Å². The summed E-state index contributed by atoms with van der Waals surface area (Å²) in [7, 11) is -7.40. The maximum absolute atomic E-state index is 13.2. The molecule has 1 aliphatic heterocycles. The molecule has 16 nitrogen and oxygen atoms in total. The Morgan fingerprint density at radius 3 is 1.78 bits per heavy atom. The van der Waals surface area contributed by atoms with Crippen LogP contribution < -0.4 is 113 Å². The van der Waals surface area contributed by atoms with E-state index in [2.05, 4.69) is 14.9 Å². The fraction of sp³-hybridized carbons (Fsp3) is 0.0800. The molecule has 4 rings (SSSR count). The van der Waals surface area contributed by atoms with Crippen LogP contribution >= 0.6 is 0 Å². The number of amides is 1. The number of nitrogens with zero attached hydrogens (tertiary/aromatic N) is 3. The first-order valence-corrected chi connectivity index (χ1v) is 14.4. The van der Waals surface area contributed by atoms with Gasteiger partial charge in [0.1, 0.15) is 20.2 Å². The quantitative estimate of drug-likeness (QED) is 0.0998. The Kier molecular flexibility index (Phi) is 13.8. The minimum Gasteiger partial charge on any atom is -0.744 e. The van der Waals surface area contributed by atoms with E-state index in [1.165, 1.54) is 0 Å². The summed E-state index contributed by atoms with van der Waals surface area (Å²) in [6.07, 6.45) is 3.40. The van der Waals surface area contributed by atoms with E-state index >= 15 is 0 Å². The standard InChI is InChI=1S/C25H20N4O12S2.2K/c1-40-24(32)20-18(22(30)28(26-20)14-6-10-16(11-7-14)42(34,35)36)4-3-5-19-21(25(33)41-2)27-29(23(19)31)15-8-12-17(13-9-15)43(37,38)39;;/h3-13,26H,1-2H3,(H,34,35,36)(H,37,38,39);;/q;2*+1/p-2/b4-3+,19-5-;;. The summed E-state index contributed by atoms with van der Waals surface area (Å²) in [5.74, 6) is -2.81. The van der Waals surface area contributed by atoms with Crippen molar-refractivity contribution in [1.29, 1.82) is 0 Å². The molecule has 0 bridgehead atoms. The smallest absolute Gasteiger partial charge is 0.744 e. The Morgan fingerprint density at radius 2 is 1.31 bits per heavy atom. The van der Waals surface area contributed by atoms with Crippen molar-refractivity contribution in [3.05, 3.63) is 87.9 Å². The topological polar surface area (TPSA) is 237 Å². The van der Waals surface area contributed by atoms with Crippen LogP contribution in [0.5, 0.6) is 0 Å². The number of hydrogen-bond acceptors (Lipinski definition) is 13. The SMILES string of the molecule is COC(=O)C1=NN(c2ccc(S(=O)(=O)[O-])cc2)C(=O)/C1=C\C=C\c1c(C(=O)OC)[nH]n(-c2ccc(S(=O)(=O)[O-])cc2)c1=O.[K+].[K+]. The molecule has 0 saturated heterocycles. The number of esters is 2. The number of aromatic nitrogens is 2. The molecule has 0 atom stereocenters. The van der Waals surface area contributed by atoms with Gasteiger partial charge in [0.05, 0.1) is 46.5 Å². The minimum absolute atomic E-state index is 0. The molecule has 0 fully saturated rings. The van der Waals surface area contributed by atoms with E-state index in [4.69, 9.17) is 4.74 Å². The number of aromatic amines is 1. The van der Waals surface area contributed by atoms with Gasteiger partial charge in [-0.3, -0.25) is 14.7 Å². The third-order valence-corrected chi connectivity index (χ3v) is 7.55. The third-order valence-electron chi connectivity index (χ3n) is 5.85. The van der Waals surface area contributed by atoms with Crippen LogP contribution in [0.1, 0.15) is 16.1 Å². The maximum atomic E-state index is 13.2. The number of hydrogen-bond donors (Lipinski definition) is 1. The first-order chi connectivity index (χ1) is 20.2. The summed E-state index contributed by atoms with van der Waals surface area (Å²) in [6, 6.07) is 8.43. The molecular formula is C25H18K2N4O12S2. The van der Waals surface area contributed by atoms with E-state index < -0.39 is 59.1 Å². The summed E-state index contributed by atoms with van der Waals surface area (Å²) < 4.78 is 77.5. The summed E-state index contributed by atoms with van der Waals surface area (Å²) >= 11 is 0. The molecular weight excluding hydrogens is 691 g/mol. The number of rotatable bonds is 8. The molecule has 1 aromatic heterocycles. The molecule has 0 aliphatic carbocycles. The van der Waals surface area contributed by atoms with Crippen LogP contribution in [0.4, 0.5) is 5.69 Å². The van der Waals surface area contributed by atoms with E-state index in [0.29, 0.717) is 0 Å². The Morgan fingerprint density at radius 1 is 0.822 bits per heavy atom. The molecule has 2 aromatic carbocycles. The molecule has 0 unspecified atom stereocenters. The summed E-state index contributed by atoms with van der Waals surface area (Å²) in [5, 5.41) is 7.24. The molecule has 1 N–H and O–H groups in total. The van der Waals surface area contributed by atoms with Crippen molar-refractivity contribution in [3.63, 3.8) is 0 Å². The van der Waals surface area contributed by atoms with Gasteiger partial charge in [0.25, 0.3) is 11.5 Å². The summed E-state index contributed by atoms with van der Waals surface area (Å²) in [6.45, 7) is 0. The molecule has 45 heavy (non-hydrogen) atoms. The zero-order chi connectivity index (χ0) is 31.7. The van der Waals surface area contributed by atoms with Crippen LogP contribution in [0.25, 0.3) is 11.8 Å². The molecule has 0 radical (unpaired) electrons. The van der Waals surface area contributed by atoms with Crippen LogP contribution in [0.2, 0.25) is 0 Å². The number of benzene rings is 2. The largest absolute Gasteiger partial charge is 1.00 e. The molecule has 1 aliphatic rings. The third kappa shape index (κ3) is 8.72. The average molecular weight is 709 g/mol. The van der Waals surface area contributed by atoms with Gasteiger partial charge in [-0.25, -0.2) is 31.1 Å². The molecule has 20 heteroatoms. The number of H-pyrrole nitrogens is 1. The molecule has 3 aromatic rings. The molecule has 1 amide bonds. The summed E-state index contributed by atoms with van der Waals surface area (Å²) in [4.78, 5) is 50.0. The first kappa shape index (κ1) is 39.3. The number of carbonyl (C=O) groups is 3. The maximum Gasteiger partial charge on any atom is 1.00 e. The van der Waals surface area contributed by atoms with Crippen molar-refractivity contribution in [3.8, 4) is 5.69 Å². The Balaban J connectivity index is 0.00000353. The van der Waals surface area contributed by atoms with E-state index in [-0.39, 0.29) is 131 Å². The molecule has 2 heterocycles. The van der Waals surface area contributed by atoms with Gasteiger partial charge in [-0.1, -0.05) is 6.08 Å². The van der Waals surface area contributed by atoms with Crippen molar-refractivity contribution >= 4 is 55.6 Å². The van der Waals surface area contributed by atoms with Gasteiger partial charge in [0.15, 0.2) is 11.4 Å². The number of hydrazone groups is 1. The van der Waals surface area contributed by atoms with E-state index in [1.807, 2.05) is 0 Å². The van der Waals surface area contributed by atoms with Crippen LogP contribution in [-0.2, 0) is 39.3 Å². The molecule has 0 spiro atoms. The van der Waals surface area contributed by atoms with E-state index in [0.717, 1.165) is 90.7 Å². The average Bonchev–Trinajstić information content (AvgIpc) is 3.47. The number of anilines is 1. The van der Waals surface area contributed by atoms with E-state index in [9.17, 15) is 45.1 Å². The Bertz CT molecular complexity index is 2010. The number of carbonyl (C=O) groups excluding carboxylic acids is 3. The predicted molar refractivity (Wildman–Crippen MR) is 144 cm³/mol. The van der Waals surface area contributed by atoms with Crippen molar-refractivity contribution < 1.29 is 153 Å². The van der Waals surface area contributed by atoms with Crippen molar-refractivity contribution in [2.24, 2.45) is 5.10 Å². The van der Waals surface area contributed by atoms with Crippen molar-refractivity contribution in [2.75, 3.05) is 19.2 Å². The van der Waals surface area contributed by atoms with Crippen molar-refractivity contribution in [1.82, 2.24) is 9.78 Å². The number of methoxy groups -OCH3 is 2. The summed E-state index contributed by atoms with van der Waals surface area (Å²) in [5.41, 5.74) is -2.03. The van der Waals surface area contributed by atoms with Gasteiger partial charge in [0, 0.05) is 0 Å². The van der Waals surface area contributed by atoms with Crippen LogP contribution in [0.15, 0.2) is 85.9 Å².